The van der Waals surface area contributed by atoms with Crippen LogP contribution in [0.25, 0.3) is 0 Å². The molecular formula is C15H26N2O. The van der Waals surface area contributed by atoms with Crippen LogP contribution in [-0.4, -0.2) is 30.6 Å². The first-order chi connectivity index (χ1) is 8.63. The van der Waals surface area contributed by atoms with E-state index in [-0.39, 0.29) is 0 Å². The van der Waals surface area contributed by atoms with Crippen LogP contribution in [0.1, 0.15) is 38.2 Å². The van der Waals surface area contributed by atoms with Crippen molar-refractivity contribution < 1.29 is 4.42 Å². The first-order valence-electron chi connectivity index (χ1n) is 7.14. The minimum absolute atomic E-state index is 0.666. The summed E-state index contributed by atoms with van der Waals surface area (Å²) in [5.74, 6) is 2.79. The summed E-state index contributed by atoms with van der Waals surface area (Å²) in [7, 11) is 0. The molecule has 0 aliphatic carbocycles. The molecular weight excluding hydrogens is 224 g/mol. The normalized spacial score (nSPS) is 20.2. The van der Waals surface area contributed by atoms with Crippen LogP contribution in [0, 0.1) is 12.8 Å². The van der Waals surface area contributed by atoms with E-state index in [9.17, 15) is 0 Å². The summed E-state index contributed by atoms with van der Waals surface area (Å²) in [6, 6.07) is 4.82. The number of aryl methyl sites for hydroxylation is 1. The summed E-state index contributed by atoms with van der Waals surface area (Å²) in [5.41, 5.74) is 0. The van der Waals surface area contributed by atoms with Gasteiger partial charge in [0.05, 0.1) is 6.54 Å². The van der Waals surface area contributed by atoms with E-state index in [4.69, 9.17) is 4.42 Å². The van der Waals surface area contributed by atoms with Crippen LogP contribution < -0.4 is 5.32 Å². The third-order valence-electron chi connectivity index (χ3n) is 3.44. The lowest BCUT2D eigenvalue weighted by atomic mass is 10.1. The van der Waals surface area contributed by atoms with Gasteiger partial charge >= 0.3 is 0 Å². The molecule has 0 amide bonds. The minimum atomic E-state index is 0.666. The molecule has 102 valence electrons. The van der Waals surface area contributed by atoms with Gasteiger partial charge in [-0.2, -0.15) is 0 Å². The summed E-state index contributed by atoms with van der Waals surface area (Å²) in [6.45, 7) is 11.0. The molecule has 0 bridgehead atoms. The van der Waals surface area contributed by atoms with Crippen LogP contribution in [0.15, 0.2) is 16.5 Å². The van der Waals surface area contributed by atoms with E-state index in [1.165, 1.54) is 19.4 Å². The third-order valence-corrected chi connectivity index (χ3v) is 3.44. The van der Waals surface area contributed by atoms with E-state index in [0.29, 0.717) is 12.0 Å². The maximum Gasteiger partial charge on any atom is 0.118 e. The summed E-state index contributed by atoms with van der Waals surface area (Å²) in [6.07, 6.45) is 2.63. The Morgan fingerprint density at radius 2 is 2.28 bits per heavy atom. The highest BCUT2D eigenvalue weighted by atomic mass is 16.3. The van der Waals surface area contributed by atoms with Gasteiger partial charge in [-0.1, -0.05) is 13.8 Å². The van der Waals surface area contributed by atoms with Crippen molar-refractivity contribution in [3.8, 4) is 0 Å². The Labute approximate surface area is 111 Å². The summed E-state index contributed by atoms with van der Waals surface area (Å²) < 4.78 is 5.70. The van der Waals surface area contributed by atoms with Crippen LogP contribution in [0.5, 0.6) is 0 Å². The predicted molar refractivity (Wildman–Crippen MR) is 74.6 cm³/mol. The highest BCUT2D eigenvalue weighted by Gasteiger charge is 2.19. The molecule has 1 N–H and O–H groups in total. The van der Waals surface area contributed by atoms with Crippen molar-refractivity contribution in [2.75, 3.05) is 19.6 Å². The fraction of sp³-hybridized carbons (Fsp3) is 0.733. The van der Waals surface area contributed by atoms with E-state index in [1.807, 2.05) is 6.92 Å². The quantitative estimate of drug-likeness (QED) is 0.841. The van der Waals surface area contributed by atoms with Gasteiger partial charge in [0.25, 0.3) is 0 Å². The molecule has 1 aliphatic heterocycles. The van der Waals surface area contributed by atoms with Crippen LogP contribution >= 0.6 is 0 Å². The van der Waals surface area contributed by atoms with Gasteiger partial charge in [-0.05, 0) is 44.4 Å². The molecule has 3 heteroatoms. The van der Waals surface area contributed by atoms with E-state index < -0.39 is 0 Å². The van der Waals surface area contributed by atoms with Gasteiger partial charge in [-0.25, -0.2) is 0 Å². The highest BCUT2D eigenvalue weighted by molar-refractivity contribution is 5.05. The second kappa shape index (κ2) is 6.39. The lowest BCUT2D eigenvalue weighted by Crippen LogP contribution is -2.38. The number of furan rings is 1. The average Bonchev–Trinajstić information content (AvgIpc) is 2.89. The number of rotatable bonds is 6. The van der Waals surface area contributed by atoms with E-state index in [2.05, 4.69) is 36.2 Å². The zero-order valence-corrected chi connectivity index (χ0v) is 11.9. The molecule has 0 radical (unpaired) electrons. The zero-order chi connectivity index (χ0) is 13.0. The molecule has 0 aromatic carbocycles. The van der Waals surface area contributed by atoms with Crippen molar-refractivity contribution in [3.63, 3.8) is 0 Å². The number of nitrogens with one attached hydrogen (secondary N) is 1. The Kier molecular flexibility index (Phi) is 4.84. The van der Waals surface area contributed by atoms with Crippen molar-refractivity contribution in [2.45, 2.75) is 46.2 Å². The number of hydrogen-bond donors (Lipinski definition) is 1. The molecule has 2 rings (SSSR count). The SMILES string of the molecule is Cc1ccc(CN(CC(C)C)CC2CCCN2)o1. The monoisotopic (exact) mass is 250 g/mol. The molecule has 1 aromatic rings. The van der Waals surface area contributed by atoms with Crippen molar-refractivity contribution in [1.82, 2.24) is 10.2 Å². The van der Waals surface area contributed by atoms with Crippen molar-refractivity contribution >= 4 is 0 Å². The first kappa shape index (κ1) is 13.6. The van der Waals surface area contributed by atoms with Crippen molar-refractivity contribution in [1.29, 1.82) is 0 Å². The Morgan fingerprint density at radius 3 is 2.83 bits per heavy atom. The van der Waals surface area contributed by atoms with Gasteiger partial charge < -0.3 is 9.73 Å². The average molecular weight is 250 g/mol. The number of nitrogens with zero attached hydrogens (tertiary/aromatic N) is 1. The van der Waals surface area contributed by atoms with Gasteiger partial charge in [0.2, 0.25) is 0 Å². The maximum absolute atomic E-state index is 5.70. The van der Waals surface area contributed by atoms with Crippen LogP contribution in [0.2, 0.25) is 0 Å². The van der Waals surface area contributed by atoms with Gasteiger partial charge in [0.15, 0.2) is 0 Å². The molecule has 1 aromatic heterocycles. The minimum Gasteiger partial charge on any atom is -0.465 e. The molecule has 0 saturated carbocycles. The fourth-order valence-corrected chi connectivity index (χ4v) is 2.73. The second-order valence-electron chi connectivity index (χ2n) is 5.89. The smallest absolute Gasteiger partial charge is 0.118 e. The largest absolute Gasteiger partial charge is 0.465 e. The number of hydrogen-bond acceptors (Lipinski definition) is 3. The predicted octanol–water partition coefficient (Wildman–Crippen LogP) is 2.80. The van der Waals surface area contributed by atoms with Crippen LogP contribution in [0.3, 0.4) is 0 Å². The lowest BCUT2D eigenvalue weighted by molar-refractivity contribution is 0.200. The zero-order valence-electron chi connectivity index (χ0n) is 11.9. The van der Waals surface area contributed by atoms with Gasteiger partial charge in [-0.15, -0.1) is 0 Å². The van der Waals surface area contributed by atoms with Crippen LogP contribution in [-0.2, 0) is 6.54 Å². The molecule has 3 nitrogen and oxygen atoms in total. The molecule has 1 fully saturated rings. The standard InChI is InChI=1S/C15H26N2O/c1-12(2)9-17(10-14-5-4-8-16-14)11-15-7-6-13(3)18-15/h6-7,12,14,16H,4-5,8-11H2,1-3H3. The molecule has 2 heterocycles. The van der Waals surface area contributed by atoms with E-state index in [0.717, 1.165) is 31.2 Å². The van der Waals surface area contributed by atoms with E-state index in [1.54, 1.807) is 0 Å². The highest BCUT2D eigenvalue weighted by Crippen LogP contribution is 2.14. The maximum atomic E-state index is 5.70. The van der Waals surface area contributed by atoms with Gasteiger partial charge in [-0.3, -0.25) is 4.90 Å². The fourth-order valence-electron chi connectivity index (χ4n) is 2.73. The van der Waals surface area contributed by atoms with E-state index >= 15 is 0 Å². The molecule has 1 unspecified atom stereocenters. The van der Waals surface area contributed by atoms with Crippen molar-refractivity contribution in [3.05, 3.63) is 23.7 Å². The van der Waals surface area contributed by atoms with Crippen molar-refractivity contribution in [2.24, 2.45) is 5.92 Å². The Hall–Kier alpha value is -0.800. The Morgan fingerprint density at radius 1 is 1.44 bits per heavy atom. The lowest BCUT2D eigenvalue weighted by Gasteiger charge is -2.26. The topological polar surface area (TPSA) is 28.4 Å². The molecule has 0 spiro atoms. The molecule has 1 aliphatic rings. The van der Waals surface area contributed by atoms with Gasteiger partial charge in [0, 0.05) is 19.1 Å². The second-order valence-corrected chi connectivity index (χ2v) is 5.89. The molecule has 18 heavy (non-hydrogen) atoms. The Balaban J connectivity index is 1.91. The molecule has 1 saturated heterocycles. The van der Waals surface area contributed by atoms with Crippen LogP contribution in [0.4, 0.5) is 0 Å². The Bertz CT molecular complexity index is 353. The third kappa shape index (κ3) is 4.14. The summed E-state index contributed by atoms with van der Waals surface area (Å²) in [5, 5.41) is 3.58. The first-order valence-corrected chi connectivity index (χ1v) is 7.14. The molecule has 1 atom stereocenters. The summed E-state index contributed by atoms with van der Waals surface area (Å²) >= 11 is 0. The summed E-state index contributed by atoms with van der Waals surface area (Å²) in [4.78, 5) is 2.52. The van der Waals surface area contributed by atoms with Gasteiger partial charge in [0.1, 0.15) is 11.5 Å².